The molecule has 1 fully saturated rings. The molecular formula is C22H28N4O6. The summed E-state index contributed by atoms with van der Waals surface area (Å²) in [4.78, 5) is 50.8. The molecule has 0 spiro atoms. The van der Waals surface area contributed by atoms with Gasteiger partial charge in [0.05, 0.1) is 19.1 Å². The number of nitrogens with one attached hydrogen (secondary N) is 2. The molecule has 0 saturated carbocycles. The average Bonchev–Trinajstić information content (AvgIpc) is 3.16. The molecule has 2 aliphatic rings. The summed E-state index contributed by atoms with van der Waals surface area (Å²) in [6.07, 6.45) is 3.58. The number of anilines is 1. The first kappa shape index (κ1) is 23.3. The summed E-state index contributed by atoms with van der Waals surface area (Å²) < 4.78 is 5.29. The van der Waals surface area contributed by atoms with Crippen LogP contribution in [0.2, 0.25) is 0 Å². The summed E-state index contributed by atoms with van der Waals surface area (Å²) >= 11 is 0. The van der Waals surface area contributed by atoms with Crippen molar-refractivity contribution >= 4 is 29.6 Å². The Labute approximate surface area is 186 Å². The number of benzene rings is 1. The van der Waals surface area contributed by atoms with Crippen molar-refractivity contribution in [2.75, 3.05) is 31.1 Å². The van der Waals surface area contributed by atoms with Crippen molar-refractivity contribution in [3.8, 4) is 0 Å². The van der Waals surface area contributed by atoms with E-state index in [1.165, 1.54) is 11.8 Å². The second kappa shape index (κ2) is 10.3. The highest BCUT2D eigenvalue weighted by atomic mass is 16.6. The Bertz CT molecular complexity index is 900. The molecule has 1 aromatic rings. The number of likely N-dealkylation sites (N-methyl/N-ethyl adjacent to an activating group) is 1. The van der Waals surface area contributed by atoms with Crippen molar-refractivity contribution in [1.29, 1.82) is 0 Å². The van der Waals surface area contributed by atoms with E-state index < -0.39 is 36.2 Å². The van der Waals surface area contributed by atoms with Gasteiger partial charge >= 0.3 is 12.1 Å². The molecule has 0 bridgehead atoms. The third-order valence-electron chi connectivity index (χ3n) is 5.38. The van der Waals surface area contributed by atoms with Gasteiger partial charge in [-0.15, -0.1) is 0 Å². The van der Waals surface area contributed by atoms with Gasteiger partial charge in [-0.3, -0.25) is 19.8 Å². The lowest BCUT2D eigenvalue weighted by atomic mass is 9.99. The number of ether oxygens (including phenoxy) is 1. The Morgan fingerprint density at radius 2 is 1.97 bits per heavy atom. The van der Waals surface area contributed by atoms with E-state index in [0.29, 0.717) is 31.7 Å². The second-order valence-corrected chi connectivity index (χ2v) is 7.67. The lowest BCUT2D eigenvalue weighted by molar-refractivity contribution is -0.148. The molecule has 0 radical (unpaired) electrons. The van der Waals surface area contributed by atoms with E-state index in [1.54, 1.807) is 24.0 Å². The maximum Gasteiger partial charge on any atom is 0.414 e. The third-order valence-corrected chi connectivity index (χ3v) is 5.38. The number of carboxylic acids is 1. The maximum atomic E-state index is 12.9. The van der Waals surface area contributed by atoms with E-state index in [4.69, 9.17) is 4.74 Å². The van der Waals surface area contributed by atoms with Gasteiger partial charge in [-0.1, -0.05) is 31.2 Å². The summed E-state index contributed by atoms with van der Waals surface area (Å²) in [5.74, 6) is -1.88. The molecule has 1 aromatic carbocycles. The van der Waals surface area contributed by atoms with Crippen molar-refractivity contribution in [1.82, 2.24) is 15.5 Å². The molecule has 3 atom stereocenters. The zero-order valence-corrected chi connectivity index (χ0v) is 18.1. The van der Waals surface area contributed by atoms with Crippen LogP contribution in [0.3, 0.4) is 0 Å². The lowest BCUT2D eigenvalue weighted by Crippen LogP contribution is -2.52. The van der Waals surface area contributed by atoms with E-state index in [2.05, 4.69) is 10.6 Å². The minimum absolute atomic E-state index is 0.192. The molecular weight excluding hydrogens is 416 g/mol. The third kappa shape index (κ3) is 5.25. The maximum absolute atomic E-state index is 12.9. The summed E-state index contributed by atoms with van der Waals surface area (Å²) in [5.41, 5.74) is 1.44. The highest BCUT2D eigenvalue weighted by molar-refractivity contribution is 6.01. The van der Waals surface area contributed by atoms with Crippen LogP contribution >= 0.6 is 0 Å². The normalized spacial score (nSPS) is 21.2. The summed E-state index contributed by atoms with van der Waals surface area (Å²) in [7, 11) is 0. The predicted octanol–water partition coefficient (Wildman–Crippen LogP) is 1.04. The van der Waals surface area contributed by atoms with Crippen LogP contribution in [0.5, 0.6) is 0 Å². The van der Waals surface area contributed by atoms with Gasteiger partial charge in [-0.25, -0.2) is 9.59 Å². The fourth-order valence-corrected chi connectivity index (χ4v) is 3.82. The fourth-order valence-electron chi connectivity index (χ4n) is 3.82. The van der Waals surface area contributed by atoms with E-state index in [-0.39, 0.29) is 12.5 Å². The van der Waals surface area contributed by atoms with Gasteiger partial charge in [-0.2, -0.15) is 0 Å². The number of rotatable bonds is 8. The molecule has 0 aliphatic carbocycles. The molecule has 2 unspecified atom stereocenters. The van der Waals surface area contributed by atoms with Gasteiger partial charge in [0.25, 0.3) is 5.91 Å². The Balaban J connectivity index is 1.74. The predicted molar refractivity (Wildman–Crippen MR) is 116 cm³/mol. The minimum Gasteiger partial charge on any atom is -0.480 e. The summed E-state index contributed by atoms with van der Waals surface area (Å²) in [5, 5.41) is 14.8. The fraction of sp³-hybridized carbons (Fsp3) is 0.455. The zero-order valence-electron chi connectivity index (χ0n) is 18.1. The molecule has 3 rings (SSSR count). The number of aliphatic carboxylic acids is 1. The minimum atomic E-state index is -1.30. The number of nitrogens with zero attached hydrogens (tertiary/aromatic N) is 2. The van der Waals surface area contributed by atoms with Gasteiger partial charge in [0.1, 0.15) is 6.10 Å². The number of hydrogen-bond acceptors (Lipinski definition) is 6. The highest BCUT2D eigenvalue weighted by Gasteiger charge is 2.35. The molecule has 1 saturated heterocycles. The van der Waals surface area contributed by atoms with Crippen LogP contribution in [0, 0.1) is 0 Å². The van der Waals surface area contributed by atoms with Crippen molar-refractivity contribution in [3.05, 3.63) is 42.0 Å². The highest BCUT2D eigenvalue weighted by Crippen LogP contribution is 2.29. The lowest BCUT2D eigenvalue weighted by Gasteiger charge is -2.34. The van der Waals surface area contributed by atoms with Crippen LogP contribution in [0.25, 0.3) is 0 Å². The topological polar surface area (TPSA) is 128 Å². The number of carbonyl (C=O) groups is 4. The second-order valence-electron chi connectivity index (χ2n) is 7.67. The van der Waals surface area contributed by atoms with Crippen molar-refractivity contribution < 1.29 is 29.0 Å². The molecule has 3 amide bonds. The van der Waals surface area contributed by atoms with Gasteiger partial charge in [-0.05, 0) is 30.7 Å². The first-order chi connectivity index (χ1) is 15.3. The molecule has 0 aromatic heterocycles. The van der Waals surface area contributed by atoms with E-state index in [1.807, 2.05) is 24.3 Å². The van der Waals surface area contributed by atoms with Crippen LogP contribution in [0.15, 0.2) is 36.4 Å². The standard InChI is InChI=1S/C22H28N4O6/c1-3-23-19(21(29)30)20(28)25-11-5-4-6-18(25)15-7-9-16(10-8-15)26-13-17(32-22(26)31)12-24-14(2)27/h4,6-10,17-19,23H,3,5,11-13H2,1-2H3,(H,24,27)(H,29,30)/t17-,18?,19?/m0/s1. The van der Waals surface area contributed by atoms with Crippen LogP contribution in [-0.4, -0.2) is 72.2 Å². The number of amides is 3. The average molecular weight is 444 g/mol. The van der Waals surface area contributed by atoms with E-state index in [0.717, 1.165) is 5.56 Å². The SMILES string of the molecule is CCNC(C(=O)O)C(=O)N1CCC=CC1c1ccc(N2C[C@H](CNC(C)=O)OC2=O)cc1. The molecule has 172 valence electrons. The monoisotopic (exact) mass is 444 g/mol. The Morgan fingerprint density at radius 3 is 2.59 bits per heavy atom. The Hall–Kier alpha value is -3.40. The zero-order chi connectivity index (χ0) is 23.3. The number of carbonyl (C=O) groups excluding carboxylic acids is 3. The molecule has 3 N–H and O–H groups in total. The van der Waals surface area contributed by atoms with E-state index >= 15 is 0 Å². The van der Waals surface area contributed by atoms with Gasteiger partial charge in [0, 0.05) is 19.2 Å². The molecule has 10 nitrogen and oxygen atoms in total. The number of hydrogen-bond donors (Lipinski definition) is 3. The van der Waals surface area contributed by atoms with E-state index in [9.17, 15) is 24.3 Å². The number of cyclic esters (lactones) is 1. The Kier molecular flexibility index (Phi) is 7.47. The van der Waals surface area contributed by atoms with Crippen molar-refractivity contribution in [3.63, 3.8) is 0 Å². The van der Waals surface area contributed by atoms with Gasteiger partial charge < -0.3 is 20.1 Å². The Morgan fingerprint density at radius 1 is 1.25 bits per heavy atom. The first-order valence-electron chi connectivity index (χ1n) is 10.6. The molecule has 2 aliphatic heterocycles. The van der Waals surface area contributed by atoms with Crippen LogP contribution < -0.4 is 15.5 Å². The van der Waals surface area contributed by atoms with Gasteiger partial charge in [0.2, 0.25) is 5.91 Å². The molecule has 2 heterocycles. The van der Waals surface area contributed by atoms with Crippen LogP contribution in [0.1, 0.15) is 31.9 Å². The summed E-state index contributed by atoms with van der Waals surface area (Å²) in [6, 6.07) is 5.46. The number of carboxylic acid groups (broad SMARTS) is 1. The summed E-state index contributed by atoms with van der Waals surface area (Å²) in [6.45, 7) is 4.49. The van der Waals surface area contributed by atoms with Crippen molar-refractivity contribution in [2.24, 2.45) is 0 Å². The molecule has 32 heavy (non-hydrogen) atoms. The van der Waals surface area contributed by atoms with Crippen LogP contribution in [0.4, 0.5) is 10.5 Å². The quantitative estimate of drug-likeness (QED) is 0.404. The smallest absolute Gasteiger partial charge is 0.414 e. The van der Waals surface area contributed by atoms with Crippen LogP contribution in [-0.2, 0) is 19.1 Å². The van der Waals surface area contributed by atoms with Gasteiger partial charge in [0.15, 0.2) is 6.04 Å². The largest absolute Gasteiger partial charge is 0.480 e. The first-order valence-corrected chi connectivity index (χ1v) is 10.6. The van der Waals surface area contributed by atoms with Crippen molar-refractivity contribution in [2.45, 2.75) is 38.5 Å². The molecule has 10 heteroatoms.